The van der Waals surface area contributed by atoms with Gasteiger partial charge in [-0.2, -0.15) is 0 Å². The van der Waals surface area contributed by atoms with Gasteiger partial charge in [0.2, 0.25) is 41.4 Å². The second-order valence-corrected chi connectivity index (χ2v) is 14.5. The highest BCUT2D eigenvalue weighted by atomic mass is 16.5. The maximum atomic E-state index is 13.7. The van der Waals surface area contributed by atoms with Crippen LogP contribution in [0.4, 0.5) is 0 Å². The maximum Gasteiger partial charge on any atom is 0.326 e. The van der Waals surface area contributed by atoms with Crippen molar-refractivity contribution >= 4 is 47.3 Å². The first-order chi connectivity index (χ1) is 27.4. The Morgan fingerprint density at radius 3 is 1.17 bits per heavy atom. The summed E-state index contributed by atoms with van der Waals surface area (Å²) in [5, 5.41) is 59.6. The van der Waals surface area contributed by atoms with E-state index in [1.165, 1.54) is 38.5 Å². The van der Waals surface area contributed by atoms with Crippen LogP contribution in [0.3, 0.4) is 0 Å². The number of aliphatic carboxylic acids is 1. The number of carbonyl (C=O) groups excluding carboxylic acids is 7. The van der Waals surface area contributed by atoms with Crippen LogP contribution in [0.15, 0.2) is 0 Å². The molecule has 0 fully saturated rings. The number of nitrogens with zero attached hydrogens (tertiary/aromatic N) is 3. The second-order valence-electron chi connectivity index (χ2n) is 14.5. The summed E-state index contributed by atoms with van der Waals surface area (Å²) in [6, 6.07) is -5.91. The molecule has 0 radical (unpaired) electrons. The third kappa shape index (κ3) is 25.1. The van der Waals surface area contributed by atoms with Crippen molar-refractivity contribution in [3.05, 3.63) is 0 Å². The first kappa shape index (κ1) is 53.6. The first-order valence-electron chi connectivity index (χ1n) is 20.4. The number of amides is 7. The number of carboxylic acids is 1. The summed E-state index contributed by atoms with van der Waals surface area (Å²) < 4.78 is 0. The van der Waals surface area contributed by atoms with Gasteiger partial charge in [-0.15, -0.1) is 0 Å². The molecule has 3 unspecified atom stereocenters. The van der Waals surface area contributed by atoms with E-state index in [1.54, 1.807) is 0 Å². The topological polar surface area (TPSA) is 296 Å². The lowest BCUT2D eigenvalue weighted by atomic mass is 10.0. The maximum absolute atomic E-state index is 13.7. The normalized spacial score (nSPS) is 13.0. The standard InChI is InChI=1S/C38H69N7O13/c1-5-6-7-8-9-10-11-12-13-14-15-22-34(50)39-30(19-16-23-43(56)27(2)47)35(51)40-31(20-17-24-44(57)28(3)48)36(52)42-33(26-46)37(53)41-32(38(54)55)21-18-25-45(58)29(4)49/h30-33,46,56-58H,5-26H2,1-4H3,(H,39,50)(H,40,51)(H,41,53)(H,42,52)(H,54,55)/t30?,31?,32?,33-/m0/s1. The highest BCUT2D eigenvalue weighted by molar-refractivity contribution is 5.95. The Labute approximate surface area is 341 Å². The fourth-order valence-electron chi connectivity index (χ4n) is 5.83. The summed E-state index contributed by atoms with van der Waals surface area (Å²) in [5.41, 5.74) is 0. The number of aliphatic hydroxyl groups excluding tert-OH is 1. The Balaban J connectivity index is 5.76. The van der Waals surface area contributed by atoms with Gasteiger partial charge in [0.15, 0.2) is 0 Å². The summed E-state index contributed by atoms with van der Waals surface area (Å²) in [7, 11) is 0. The van der Waals surface area contributed by atoms with Crippen molar-refractivity contribution in [3.63, 3.8) is 0 Å². The Hall–Kier alpha value is -4.40. The molecule has 0 aliphatic rings. The highest BCUT2D eigenvalue weighted by Gasteiger charge is 2.31. The third-order valence-corrected chi connectivity index (χ3v) is 9.40. The summed E-state index contributed by atoms with van der Waals surface area (Å²) in [4.78, 5) is 99.3. The summed E-state index contributed by atoms with van der Waals surface area (Å²) in [6.45, 7) is 3.92. The van der Waals surface area contributed by atoms with Gasteiger partial charge >= 0.3 is 5.97 Å². The monoisotopic (exact) mass is 831 g/mol. The van der Waals surface area contributed by atoms with Crippen molar-refractivity contribution in [2.75, 3.05) is 26.2 Å². The minimum absolute atomic E-state index is 0.0260. The van der Waals surface area contributed by atoms with E-state index in [4.69, 9.17) is 0 Å². The van der Waals surface area contributed by atoms with Crippen molar-refractivity contribution in [1.29, 1.82) is 0 Å². The van der Waals surface area contributed by atoms with E-state index in [0.29, 0.717) is 21.6 Å². The van der Waals surface area contributed by atoms with Crippen molar-refractivity contribution in [2.45, 2.75) is 167 Å². The zero-order valence-electron chi connectivity index (χ0n) is 34.7. The molecule has 20 nitrogen and oxygen atoms in total. The highest BCUT2D eigenvalue weighted by Crippen LogP contribution is 2.13. The molecule has 58 heavy (non-hydrogen) atoms. The number of hydroxylamine groups is 6. The van der Waals surface area contributed by atoms with Gasteiger partial charge in [-0.05, 0) is 44.9 Å². The van der Waals surface area contributed by atoms with Gasteiger partial charge in [0, 0.05) is 46.8 Å². The number of carbonyl (C=O) groups is 8. The lowest BCUT2D eigenvalue weighted by Gasteiger charge is -2.26. The minimum Gasteiger partial charge on any atom is -0.480 e. The molecule has 0 saturated heterocycles. The number of hydrogen-bond acceptors (Lipinski definition) is 12. The van der Waals surface area contributed by atoms with Gasteiger partial charge in [0.25, 0.3) is 0 Å². The van der Waals surface area contributed by atoms with Gasteiger partial charge in [-0.1, -0.05) is 71.1 Å². The second kappa shape index (κ2) is 31.6. The average molecular weight is 832 g/mol. The van der Waals surface area contributed by atoms with E-state index in [9.17, 15) is 64.2 Å². The number of unbranched alkanes of at least 4 members (excludes halogenated alkanes) is 10. The molecule has 0 rings (SSSR count). The Morgan fingerprint density at radius 1 is 0.466 bits per heavy atom. The van der Waals surface area contributed by atoms with Crippen LogP contribution in [-0.4, -0.2) is 139 Å². The van der Waals surface area contributed by atoms with Crippen molar-refractivity contribution < 1.29 is 64.2 Å². The Bertz CT molecular complexity index is 1290. The zero-order chi connectivity index (χ0) is 44.0. The molecule has 0 aromatic heterocycles. The number of carboxylic acid groups (broad SMARTS) is 1. The quantitative estimate of drug-likeness (QED) is 0.0259. The molecule has 0 aliphatic carbocycles. The molecule has 7 amide bonds. The average Bonchev–Trinajstić information content (AvgIpc) is 3.16. The van der Waals surface area contributed by atoms with Crippen LogP contribution in [0.5, 0.6) is 0 Å². The van der Waals surface area contributed by atoms with E-state index < -0.39 is 78.1 Å². The minimum atomic E-state index is -1.70. The van der Waals surface area contributed by atoms with Gasteiger partial charge < -0.3 is 31.5 Å². The summed E-state index contributed by atoms with van der Waals surface area (Å²) >= 11 is 0. The van der Waals surface area contributed by atoms with Gasteiger partial charge in [-0.25, -0.2) is 20.0 Å². The Kier molecular flexibility index (Phi) is 29.2. The van der Waals surface area contributed by atoms with Gasteiger partial charge in [0.05, 0.1) is 6.61 Å². The molecular weight excluding hydrogens is 762 g/mol. The zero-order valence-corrected chi connectivity index (χ0v) is 34.7. The predicted octanol–water partition coefficient (Wildman–Crippen LogP) is 1.76. The molecule has 0 saturated carbocycles. The molecule has 0 spiro atoms. The van der Waals surface area contributed by atoms with Crippen LogP contribution in [0, 0.1) is 0 Å². The van der Waals surface area contributed by atoms with E-state index in [2.05, 4.69) is 28.2 Å². The Morgan fingerprint density at radius 2 is 0.793 bits per heavy atom. The van der Waals surface area contributed by atoms with Gasteiger partial charge in [-0.3, -0.25) is 49.2 Å². The number of hydrogen-bond donors (Lipinski definition) is 9. The lowest BCUT2D eigenvalue weighted by Crippen LogP contribution is -2.58. The molecule has 20 heteroatoms. The van der Waals surface area contributed by atoms with E-state index >= 15 is 0 Å². The predicted molar refractivity (Wildman–Crippen MR) is 209 cm³/mol. The van der Waals surface area contributed by atoms with Crippen molar-refractivity contribution in [3.8, 4) is 0 Å². The van der Waals surface area contributed by atoms with Gasteiger partial charge in [0.1, 0.15) is 24.2 Å². The summed E-state index contributed by atoms with van der Waals surface area (Å²) in [5.74, 6) is -6.81. The van der Waals surface area contributed by atoms with Crippen LogP contribution in [0.1, 0.15) is 143 Å². The molecular formula is C38H69N7O13. The SMILES string of the molecule is CCCCCCCCCCCCCC(=O)NC(CCCN(O)C(C)=O)C(=O)NC(CCCN(O)C(C)=O)C(=O)N[C@@H](CO)C(=O)NC(CCCN(O)C(C)=O)C(=O)O. The number of aliphatic hydroxyl groups is 1. The fourth-order valence-corrected chi connectivity index (χ4v) is 5.83. The number of nitrogens with one attached hydrogen (secondary N) is 4. The molecule has 334 valence electrons. The molecule has 0 heterocycles. The van der Waals surface area contributed by atoms with Crippen molar-refractivity contribution in [1.82, 2.24) is 36.5 Å². The van der Waals surface area contributed by atoms with Crippen LogP contribution < -0.4 is 21.3 Å². The van der Waals surface area contributed by atoms with Crippen LogP contribution in [-0.2, 0) is 38.4 Å². The lowest BCUT2D eigenvalue weighted by molar-refractivity contribution is -0.163. The summed E-state index contributed by atoms with van der Waals surface area (Å²) in [6.07, 6.45) is 11.6. The van der Waals surface area contributed by atoms with Crippen LogP contribution in [0.25, 0.3) is 0 Å². The first-order valence-corrected chi connectivity index (χ1v) is 20.4. The smallest absolute Gasteiger partial charge is 0.326 e. The molecule has 9 N–H and O–H groups in total. The molecule has 0 aromatic rings. The number of rotatable bonds is 33. The third-order valence-electron chi connectivity index (χ3n) is 9.40. The molecule has 4 atom stereocenters. The molecule has 0 bridgehead atoms. The van der Waals surface area contributed by atoms with Crippen LogP contribution in [0.2, 0.25) is 0 Å². The largest absolute Gasteiger partial charge is 0.480 e. The fraction of sp³-hybridized carbons (Fsp3) is 0.789. The molecule has 0 aromatic carbocycles. The van der Waals surface area contributed by atoms with E-state index in [0.717, 1.165) is 46.5 Å². The van der Waals surface area contributed by atoms with E-state index in [-0.39, 0.29) is 64.6 Å². The molecule has 0 aliphatic heterocycles. The van der Waals surface area contributed by atoms with Crippen LogP contribution >= 0.6 is 0 Å². The van der Waals surface area contributed by atoms with Crippen molar-refractivity contribution in [2.24, 2.45) is 0 Å². The van der Waals surface area contributed by atoms with E-state index in [1.807, 2.05) is 0 Å².